The Bertz CT molecular complexity index is 411. The van der Waals surface area contributed by atoms with Gasteiger partial charge in [0.25, 0.3) is 0 Å². The van der Waals surface area contributed by atoms with Gasteiger partial charge in [-0.25, -0.2) is 0 Å². The van der Waals surface area contributed by atoms with Crippen molar-refractivity contribution >= 4 is 5.91 Å². The number of benzene rings is 1. The van der Waals surface area contributed by atoms with Crippen molar-refractivity contribution in [3.8, 4) is 5.75 Å². The first-order valence-electron chi connectivity index (χ1n) is 6.95. The summed E-state index contributed by atoms with van der Waals surface area (Å²) in [6.07, 6.45) is 1.32. The first kappa shape index (κ1) is 13.9. The number of hydrogen-bond acceptors (Lipinski definition) is 3. The predicted molar refractivity (Wildman–Crippen MR) is 75.4 cm³/mol. The van der Waals surface area contributed by atoms with Crippen molar-refractivity contribution in [2.24, 2.45) is 0 Å². The summed E-state index contributed by atoms with van der Waals surface area (Å²) in [5.74, 6) is 0.818. The van der Waals surface area contributed by atoms with E-state index in [9.17, 15) is 4.79 Å². The van der Waals surface area contributed by atoms with E-state index >= 15 is 0 Å². The maximum Gasteiger partial charge on any atom is 0.227 e. The molecule has 2 rings (SSSR count). The molecule has 104 valence electrons. The quantitative estimate of drug-likeness (QED) is 0.848. The molecule has 0 saturated carbocycles. The summed E-state index contributed by atoms with van der Waals surface area (Å²) < 4.78 is 5.85. The highest BCUT2D eigenvalue weighted by atomic mass is 16.5. The molecule has 2 unspecified atom stereocenters. The van der Waals surface area contributed by atoms with Gasteiger partial charge in [-0.1, -0.05) is 12.1 Å². The van der Waals surface area contributed by atoms with Gasteiger partial charge in [-0.2, -0.15) is 0 Å². The van der Waals surface area contributed by atoms with Gasteiger partial charge in [-0.05, 0) is 44.5 Å². The van der Waals surface area contributed by atoms with Crippen LogP contribution in [0.4, 0.5) is 0 Å². The molecular formula is C15H22N2O2. The highest BCUT2D eigenvalue weighted by Gasteiger charge is 2.17. The summed E-state index contributed by atoms with van der Waals surface area (Å²) in [5.41, 5.74) is 1.02. The third kappa shape index (κ3) is 3.70. The summed E-state index contributed by atoms with van der Waals surface area (Å²) in [6, 6.07) is 7.84. The molecule has 1 aliphatic rings. The van der Waals surface area contributed by atoms with E-state index in [4.69, 9.17) is 4.74 Å². The van der Waals surface area contributed by atoms with E-state index < -0.39 is 0 Å². The molecule has 19 heavy (non-hydrogen) atoms. The summed E-state index contributed by atoms with van der Waals surface area (Å²) in [5, 5.41) is 6.11. The second kappa shape index (κ2) is 6.57. The van der Waals surface area contributed by atoms with E-state index in [1.807, 2.05) is 38.1 Å². The van der Waals surface area contributed by atoms with Crippen LogP contribution in [0.2, 0.25) is 0 Å². The van der Waals surface area contributed by atoms with Crippen LogP contribution in [-0.4, -0.2) is 31.6 Å². The molecule has 0 spiro atoms. The van der Waals surface area contributed by atoms with Gasteiger partial charge < -0.3 is 15.4 Å². The van der Waals surface area contributed by atoms with Crippen LogP contribution in [0.1, 0.15) is 31.7 Å². The van der Waals surface area contributed by atoms with Crippen molar-refractivity contribution in [1.82, 2.24) is 10.6 Å². The fourth-order valence-corrected chi connectivity index (χ4v) is 2.23. The highest BCUT2D eigenvalue weighted by molar-refractivity contribution is 5.83. The zero-order valence-electron chi connectivity index (χ0n) is 11.6. The van der Waals surface area contributed by atoms with Crippen molar-refractivity contribution in [1.29, 1.82) is 0 Å². The van der Waals surface area contributed by atoms with Gasteiger partial charge in [0.15, 0.2) is 0 Å². The molecule has 4 heteroatoms. The molecular weight excluding hydrogens is 240 g/mol. The zero-order chi connectivity index (χ0) is 13.7. The minimum absolute atomic E-state index is 0.0659. The highest BCUT2D eigenvalue weighted by Crippen LogP contribution is 2.21. The lowest BCUT2D eigenvalue weighted by Gasteiger charge is -2.15. The van der Waals surface area contributed by atoms with Gasteiger partial charge in [0.1, 0.15) is 11.9 Å². The third-order valence-electron chi connectivity index (χ3n) is 3.44. The van der Waals surface area contributed by atoms with Gasteiger partial charge in [-0.15, -0.1) is 0 Å². The van der Waals surface area contributed by atoms with E-state index in [-0.39, 0.29) is 17.9 Å². The number of nitrogens with one attached hydrogen (secondary N) is 2. The molecule has 0 radical (unpaired) electrons. The number of likely N-dealkylation sites (N-methyl/N-ethyl adjacent to an activating group) is 1. The Morgan fingerprint density at radius 1 is 1.47 bits per heavy atom. The van der Waals surface area contributed by atoms with Crippen LogP contribution in [0, 0.1) is 0 Å². The van der Waals surface area contributed by atoms with Crippen LogP contribution in [-0.2, 0) is 4.79 Å². The number of amides is 1. The number of carbonyl (C=O) groups excluding carboxylic acids is 1. The lowest BCUT2D eigenvalue weighted by atomic mass is 10.0. The minimum atomic E-state index is -0.123. The van der Waals surface area contributed by atoms with Crippen LogP contribution in [0.3, 0.4) is 0 Å². The Kier molecular flexibility index (Phi) is 4.80. The lowest BCUT2D eigenvalue weighted by molar-refractivity contribution is -0.122. The Hall–Kier alpha value is -1.55. The summed E-state index contributed by atoms with van der Waals surface area (Å²) in [4.78, 5) is 11.8. The molecule has 1 aromatic carbocycles. The van der Waals surface area contributed by atoms with Gasteiger partial charge in [-0.3, -0.25) is 4.79 Å². The lowest BCUT2D eigenvalue weighted by Crippen LogP contribution is -2.27. The van der Waals surface area contributed by atoms with E-state index in [1.165, 1.54) is 0 Å². The third-order valence-corrected chi connectivity index (χ3v) is 3.44. The maximum atomic E-state index is 11.8. The average molecular weight is 262 g/mol. The van der Waals surface area contributed by atoms with E-state index in [1.54, 1.807) is 0 Å². The largest absolute Gasteiger partial charge is 0.489 e. The van der Waals surface area contributed by atoms with Crippen molar-refractivity contribution in [2.45, 2.75) is 32.3 Å². The Balaban J connectivity index is 1.95. The van der Waals surface area contributed by atoms with Crippen molar-refractivity contribution in [3.05, 3.63) is 29.8 Å². The molecule has 0 aromatic heterocycles. The van der Waals surface area contributed by atoms with E-state index in [2.05, 4.69) is 10.6 Å². The molecule has 2 atom stereocenters. The van der Waals surface area contributed by atoms with Crippen molar-refractivity contribution < 1.29 is 9.53 Å². The Labute approximate surface area is 114 Å². The molecule has 0 aliphatic carbocycles. The van der Waals surface area contributed by atoms with Gasteiger partial charge >= 0.3 is 0 Å². The minimum Gasteiger partial charge on any atom is -0.489 e. The number of ether oxygens (including phenoxy) is 1. The SMILES string of the molecule is CCNC(=O)C(C)c1ccc(OC2CCNC2)cc1. The first-order valence-corrected chi connectivity index (χ1v) is 6.95. The Morgan fingerprint density at radius 3 is 2.79 bits per heavy atom. The topological polar surface area (TPSA) is 50.4 Å². The molecule has 1 aliphatic heterocycles. The monoisotopic (exact) mass is 262 g/mol. The van der Waals surface area contributed by atoms with Crippen LogP contribution in [0.15, 0.2) is 24.3 Å². The summed E-state index contributed by atoms with van der Waals surface area (Å²) >= 11 is 0. The standard InChI is InChI=1S/C15H22N2O2/c1-3-17-15(18)11(2)12-4-6-13(7-5-12)19-14-8-9-16-10-14/h4-7,11,14,16H,3,8-10H2,1-2H3,(H,17,18). The van der Waals surface area contributed by atoms with Crippen molar-refractivity contribution in [2.75, 3.05) is 19.6 Å². The van der Waals surface area contributed by atoms with E-state index in [0.717, 1.165) is 30.8 Å². The molecule has 0 bridgehead atoms. The fraction of sp³-hybridized carbons (Fsp3) is 0.533. The fourth-order valence-electron chi connectivity index (χ4n) is 2.23. The molecule has 1 heterocycles. The number of carbonyl (C=O) groups is 1. The van der Waals surface area contributed by atoms with E-state index in [0.29, 0.717) is 6.54 Å². The number of rotatable bonds is 5. The summed E-state index contributed by atoms with van der Waals surface area (Å²) in [7, 11) is 0. The molecule has 1 saturated heterocycles. The van der Waals surface area contributed by atoms with Crippen LogP contribution in [0.25, 0.3) is 0 Å². The molecule has 2 N–H and O–H groups in total. The predicted octanol–water partition coefficient (Wildman–Crippen LogP) is 1.67. The molecule has 1 fully saturated rings. The number of hydrogen-bond donors (Lipinski definition) is 2. The molecule has 1 amide bonds. The molecule has 1 aromatic rings. The second-order valence-electron chi connectivity index (χ2n) is 4.92. The zero-order valence-corrected chi connectivity index (χ0v) is 11.6. The van der Waals surface area contributed by atoms with Crippen LogP contribution in [0.5, 0.6) is 5.75 Å². The maximum absolute atomic E-state index is 11.8. The summed E-state index contributed by atoms with van der Waals surface area (Å²) in [6.45, 7) is 6.45. The van der Waals surface area contributed by atoms with Gasteiger partial charge in [0.05, 0.1) is 5.92 Å². The Morgan fingerprint density at radius 2 is 2.21 bits per heavy atom. The first-order chi connectivity index (χ1) is 9.20. The van der Waals surface area contributed by atoms with Gasteiger partial charge in [0.2, 0.25) is 5.91 Å². The normalized spacial score (nSPS) is 20.0. The smallest absolute Gasteiger partial charge is 0.227 e. The van der Waals surface area contributed by atoms with Crippen LogP contribution >= 0.6 is 0 Å². The average Bonchev–Trinajstić information content (AvgIpc) is 2.92. The van der Waals surface area contributed by atoms with Gasteiger partial charge in [0, 0.05) is 13.1 Å². The second-order valence-corrected chi connectivity index (χ2v) is 4.92. The van der Waals surface area contributed by atoms with Crippen molar-refractivity contribution in [3.63, 3.8) is 0 Å². The van der Waals surface area contributed by atoms with Crippen LogP contribution < -0.4 is 15.4 Å². The molecule has 4 nitrogen and oxygen atoms in total.